The van der Waals surface area contributed by atoms with Gasteiger partial charge in [0.15, 0.2) is 5.84 Å². The molecule has 1 atom stereocenters. The summed E-state index contributed by atoms with van der Waals surface area (Å²) in [7, 11) is 1.74. The summed E-state index contributed by atoms with van der Waals surface area (Å²) in [5.74, 6) is 0.704. The molecule has 10 nitrogen and oxygen atoms in total. The Labute approximate surface area is 179 Å². The highest BCUT2D eigenvalue weighted by Crippen LogP contribution is 2.24. The van der Waals surface area contributed by atoms with Crippen LogP contribution in [0.25, 0.3) is 11.4 Å². The Kier molecular flexibility index (Phi) is 5.52. The first-order valence-corrected chi connectivity index (χ1v) is 9.92. The zero-order valence-corrected chi connectivity index (χ0v) is 17.4. The lowest BCUT2D eigenvalue weighted by Crippen LogP contribution is -2.53. The predicted octanol–water partition coefficient (Wildman–Crippen LogP) is 1.05. The van der Waals surface area contributed by atoms with Crippen molar-refractivity contribution in [3.05, 3.63) is 64.8 Å². The van der Waals surface area contributed by atoms with Gasteiger partial charge in [0.25, 0.3) is 5.56 Å². The van der Waals surface area contributed by atoms with Gasteiger partial charge >= 0.3 is 0 Å². The van der Waals surface area contributed by atoms with Crippen molar-refractivity contribution < 1.29 is 5.21 Å². The minimum atomic E-state index is -0.132. The van der Waals surface area contributed by atoms with Gasteiger partial charge in [0.05, 0.1) is 11.4 Å². The number of nitrogens with zero attached hydrogens (tertiary/aromatic N) is 7. The van der Waals surface area contributed by atoms with Gasteiger partial charge in [0, 0.05) is 56.2 Å². The Morgan fingerprint density at radius 1 is 1.19 bits per heavy atom. The van der Waals surface area contributed by atoms with Crippen LogP contribution in [0.3, 0.4) is 0 Å². The van der Waals surface area contributed by atoms with E-state index in [1.807, 2.05) is 24.3 Å². The number of nitrogens with two attached hydrogens (primary N) is 1. The van der Waals surface area contributed by atoms with Gasteiger partial charge in [-0.1, -0.05) is 5.16 Å². The third-order valence-electron chi connectivity index (χ3n) is 5.48. The van der Waals surface area contributed by atoms with E-state index < -0.39 is 0 Å². The number of hydrogen-bond donors (Lipinski definition) is 2. The topological polar surface area (TPSA) is 126 Å². The summed E-state index contributed by atoms with van der Waals surface area (Å²) in [6, 6.07) is 10.9. The molecule has 31 heavy (non-hydrogen) atoms. The molecular weight excluding hydrogens is 396 g/mol. The molecule has 0 saturated carbocycles. The first-order chi connectivity index (χ1) is 15.0. The summed E-state index contributed by atoms with van der Waals surface area (Å²) in [6.07, 6.45) is 3.08. The molecule has 0 bridgehead atoms. The van der Waals surface area contributed by atoms with Crippen LogP contribution in [-0.4, -0.2) is 56.2 Å². The number of rotatable bonds is 4. The van der Waals surface area contributed by atoms with Gasteiger partial charge in [0.2, 0.25) is 5.95 Å². The van der Waals surface area contributed by atoms with E-state index in [4.69, 9.17) is 15.9 Å². The fraction of sp³-hybridized carbons (Fsp3) is 0.286. The molecule has 1 unspecified atom stereocenters. The zero-order chi connectivity index (χ0) is 22.0. The summed E-state index contributed by atoms with van der Waals surface area (Å²) >= 11 is 0. The maximum absolute atomic E-state index is 12.6. The number of anilines is 2. The molecule has 10 heteroatoms. The molecule has 1 aliphatic heterocycles. The van der Waals surface area contributed by atoms with Crippen LogP contribution in [0.2, 0.25) is 0 Å². The highest BCUT2D eigenvalue weighted by molar-refractivity contribution is 5.97. The third kappa shape index (κ3) is 4.04. The normalized spacial score (nSPS) is 17.1. The summed E-state index contributed by atoms with van der Waals surface area (Å²) in [4.78, 5) is 29.9. The van der Waals surface area contributed by atoms with Crippen LogP contribution in [0.1, 0.15) is 12.5 Å². The van der Waals surface area contributed by atoms with Gasteiger partial charge < -0.3 is 20.7 Å². The average molecular weight is 420 g/mol. The Morgan fingerprint density at radius 2 is 1.97 bits per heavy atom. The molecule has 2 aromatic heterocycles. The Balaban J connectivity index is 1.57. The number of amidine groups is 1. The minimum absolute atomic E-state index is 0.0836. The Morgan fingerprint density at radius 3 is 2.61 bits per heavy atom. The molecule has 160 valence electrons. The fourth-order valence-corrected chi connectivity index (χ4v) is 3.75. The third-order valence-corrected chi connectivity index (χ3v) is 5.48. The Bertz CT molecular complexity index is 1140. The van der Waals surface area contributed by atoms with Crippen LogP contribution in [-0.2, 0) is 7.05 Å². The van der Waals surface area contributed by atoms with Crippen molar-refractivity contribution in [1.82, 2.24) is 19.5 Å². The molecule has 0 radical (unpaired) electrons. The van der Waals surface area contributed by atoms with Crippen LogP contribution in [0.5, 0.6) is 0 Å². The second-order valence-corrected chi connectivity index (χ2v) is 7.45. The predicted molar refractivity (Wildman–Crippen MR) is 118 cm³/mol. The van der Waals surface area contributed by atoms with E-state index in [0.29, 0.717) is 29.4 Å². The van der Waals surface area contributed by atoms with E-state index in [0.717, 1.165) is 18.8 Å². The molecule has 3 aromatic rings. The first kappa shape index (κ1) is 20.3. The molecule has 0 aliphatic carbocycles. The van der Waals surface area contributed by atoms with Gasteiger partial charge in [-0.3, -0.25) is 9.36 Å². The van der Waals surface area contributed by atoms with E-state index in [1.165, 1.54) is 12.4 Å². The first-order valence-electron chi connectivity index (χ1n) is 9.92. The van der Waals surface area contributed by atoms with Gasteiger partial charge in [-0.15, -0.1) is 0 Å². The number of benzene rings is 1. The van der Waals surface area contributed by atoms with E-state index >= 15 is 0 Å². The number of piperazine rings is 1. The lowest BCUT2D eigenvalue weighted by Gasteiger charge is -2.42. The zero-order valence-electron chi connectivity index (χ0n) is 17.4. The highest BCUT2D eigenvalue weighted by Gasteiger charge is 2.27. The fourth-order valence-electron chi connectivity index (χ4n) is 3.75. The van der Waals surface area contributed by atoms with Gasteiger partial charge in [-0.05, 0) is 37.3 Å². The average Bonchev–Trinajstić information content (AvgIpc) is 2.81. The van der Waals surface area contributed by atoms with Gasteiger partial charge in [0.1, 0.15) is 6.33 Å². The quantitative estimate of drug-likeness (QED) is 0.278. The monoisotopic (exact) mass is 420 g/mol. The molecular formula is C21H24N8O2. The van der Waals surface area contributed by atoms with E-state index in [2.05, 4.69) is 31.8 Å². The molecule has 1 saturated heterocycles. The second-order valence-electron chi connectivity index (χ2n) is 7.45. The molecule has 3 heterocycles. The molecule has 1 fully saturated rings. The standard InChI is InChI=1S/C21H24N8O2/c1-14-12-28(16-5-3-15(4-6-16)20(22)26-31)9-10-29(14)21-25-18(11-19(30)27(21)2)17-7-8-23-13-24-17/h3-8,11,13-14,31H,9-10,12H2,1-2H3,(H2,22,26). The van der Waals surface area contributed by atoms with Gasteiger partial charge in [-0.2, -0.15) is 0 Å². The maximum Gasteiger partial charge on any atom is 0.255 e. The van der Waals surface area contributed by atoms with Crippen LogP contribution < -0.4 is 21.1 Å². The highest BCUT2D eigenvalue weighted by atomic mass is 16.4. The molecule has 0 spiro atoms. The van der Waals surface area contributed by atoms with Crippen LogP contribution in [0.4, 0.5) is 11.6 Å². The van der Waals surface area contributed by atoms with E-state index in [9.17, 15) is 4.79 Å². The minimum Gasteiger partial charge on any atom is -0.409 e. The summed E-state index contributed by atoms with van der Waals surface area (Å²) in [6.45, 7) is 4.34. The number of oxime groups is 1. The SMILES string of the molecule is CC1CN(c2ccc(/C(N)=N\O)cc2)CCN1c1nc(-c2ccncn2)cc(=O)n1C. The van der Waals surface area contributed by atoms with Crippen molar-refractivity contribution in [2.45, 2.75) is 13.0 Å². The van der Waals surface area contributed by atoms with E-state index in [1.54, 1.807) is 23.9 Å². The maximum atomic E-state index is 12.6. The molecule has 1 aliphatic rings. The summed E-state index contributed by atoms with van der Waals surface area (Å²) in [5, 5.41) is 11.9. The number of aromatic nitrogens is 4. The molecule has 3 N–H and O–H groups in total. The lowest BCUT2D eigenvalue weighted by atomic mass is 10.1. The number of hydrogen-bond acceptors (Lipinski definition) is 8. The van der Waals surface area contributed by atoms with Crippen molar-refractivity contribution in [2.75, 3.05) is 29.4 Å². The summed E-state index contributed by atoms with van der Waals surface area (Å²) in [5.41, 5.74) is 8.38. The molecule has 4 rings (SSSR count). The van der Waals surface area contributed by atoms with Crippen LogP contribution >= 0.6 is 0 Å². The lowest BCUT2D eigenvalue weighted by molar-refractivity contribution is 0.318. The second kappa shape index (κ2) is 8.42. The summed E-state index contributed by atoms with van der Waals surface area (Å²) < 4.78 is 1.57. The molecule has 1 aromatic carbocycles. The van der Waals surface area contributed by atoms with Crippen molar-refractivity contribution >= 4 is 17.5 Å². The van der Waals surface area contributed by atoms with Crippen LogP contribution in [0.15, 0.2) is 58.9 Å². The van der Waals surface area contributed by atoms with Crippen molar-refractivity contribution in [2.24, 2.45) is 17.9 Å². The van der Waals surface area contributed by atoms with Crippen molar-refractivity contribution in [1.29, 1.82) is 0 Å². The molecule has 0 amide bonds. The van der Waals surface area contributed by atoms with Gasteiger partial charge in [-0.25, -0.2) is 15.0 Å². The van der Waals surface area contributed by atoms with Crippen LogP contribution in [0, 0.1) is 0 Å². The van der Waals surface area contributed by atoms with E-state index in [-0.39, 0.29) is 17.4 Å². The Hall–Kier alpha value is -3.95. The van der Waals surface area contributed by atoms with Crippen molar-refractivity contribution in [3.8, 4) is 11.4 Å². The van der Waals surface area contributed by atoms with Crippen molar-refractivity contribution in [3.63, 3.8) is 0 Å². The smallest absolute Gasteiger partial charge is 0.255 e. The largest absolute Gasteiger partial charge is 0.409 e.